The van der Waals surface area contributed by atoms with E-state index in [1.54, 1.807) is 6.20 Å². The molecule has 7 nitrogen and oxygen atoms in total. The van der Waals surface area contributed by atoms with Gasteiger partial charge in [0.15, 0.2) is 0 Å². The van der Waals surface area contributed by atoms with Gasteiger partial charge in [0.1, 0.15) is 6.61 Å². The van der Waals surface area contributed by atoms with Crippen molar-refractivity contribution in [2.75, 3.05) is 5.32 Å². The van der Waals surface area contributed by atoms with Crippen LogP contribution >= 0.6 is 0 Å². The van der Waals surface area contributed by atoms with Crippen LogP contribution in [0.15, 0.2) is 60.9 Å². The van der Waals surface area contributed by atoms with Crippen LogP contribution in [-0.4, -0.2) is 33.5 Å². The molecule has 3 rings (SSSR count). The fraction of sp³-hybridized carbons (Fsp3) is 0.150. The lowest BCUT2D eigenvalue weighted by Crippen LogP contribution is -2.21. The zero-order chi connectivity index (χ0) is 22.1. The Labute approximate surface area is 169 Å². The summed E-state index contributed by atoms with van der Waals surface area (Å²) in [6.45, 7) is 2.25. The number of halogens is 3. The molecule has 0 saturated carbocycles. The predicted molar refractivity (Wildman–Crippen MR) is 103 cm³/mol. The molecule has 2 aromatic carbocycles. The number of H-pyrrole nitrogens is 1. The van der Waals surface area contributed by atoms with Crippen LogP contribution < -0.4 is 5.32 Å². The van der Waals surface area contributed by atoms with Crippen molar-refractivity contribution in [2.45, 2.75) is 19.7 Å². The number of aryl methyl sites for hydroxylation is 1. The van der Waals surface area contributed by atoms with Crippen LogP contribution in [0.3, 0.4) is 0 Å². The fourth-order valence-electron chi connectivity index (χ4n) is 2.22. The van der Waals surface area contributed by atoms with Gasteiger partial charge in [0.2, 0.25) is 0 Å². The first-order valence-electron chi connectivity index (χ1n) is 8.54. The summed E-state index contributed by atoms with van der Waals surface area (Å²) in [5, 5.41) is 16.5. The van der Waals surface area contributed by atoms with E-state index in [0.717, 1.165) is 22.3 Å². The fourth-order valence-corrected chi connectivity index (χ4v) is 2.22. The van der Waals surface area contributed by atoms with Gasteiger partial charge in [0.25, 0.3) is 0 Å². The van der Waals surface area contributed by atoms with Crippen molar-refractivity contribution in [1.29, 1.82) is 0 Å². The molecule has 1 aromatic heterocycles. The average Bonchev–Trinajstić information content (AvgIpc) is 3.22. The first-order chi connectivity index (χ1) is 14.2. The summed E-state index contributed by atoms with van der Waals surface area (Å²) in [6.07, 6.45) is -1.98. The first kappa shape index (κ1) is 22.5. The second-order valence-electron chi connectivity index (χ2n) is 5.99. The zero-order valence-corrected chi connectivity index (χ0v) is 15.7. The zero-order valence-electron chi connectivity index (χ0n) is 15.7. The summed E-state index contributed by atoms with van der Waals surface area (Å²) < 4.78 is 37.0. The monoisotopic (exact) mass is 421 g/mol. The van der Waals surface area contributed by atoms with Gasteiger partial charge in [-0.05, 0) is 35.7 Å². The SMILES string of the molecule is Cc1ccccc1COC(=O)Nc1ccc(-c2cn[nH]c2)cc1.O=C(O)C(F)(F)F. The maximum Gasteiger partial charge on any atom is 0.490 e. The summed E-state index contributed by atoms with van der Waals surface area (Å²) in [5.74, 6) is -2.76. The van der Waals surface area contributed by atoms with Crippen molar-refractivity contribution in [3.05, 3.63) is 72.1 Å². The number of benzene rings is 2. The molecular formula is C20H18F3N3O4. The van der Waals surface area contributed by atoms with Crippen molar-refractivity contribution in [1.82, 2.24) is 10.2 Å². The summed E-state index contributed by atoms with van der Waals surface area (Å²) in [7, 11) is 0. The van der Waals surface area contributed by atoms with E-state index in [0.29, 0.717) is 5.69 Å². The number of carbonyl (C=O) groups is 2. The minimum Gasteiger partial charge on any atom is -0.475 e. The molecule has 0 aliphatic heterocycles. The number of amides is 1. The Hall–Kier alpha value is -3.82. The number of nitrogens with one attached hydrogen (secondary N) is 2. The number of ether oxygens (including phenoxy) is 1. The Morgan fingerprint density at radius 1 is 1.10 bits per heavy atom. The predicted octanol–water partition coefficient (Wildman–Crippen LogP) is 4.77. The molecule has 1 heterocycles. The maximum atomic E-state index is 11.9. The van der Waals surface area contributed by atoms with Crippen LogP contribution in [0.25, 0.3) is 11.1 Å². The summed E-state index contributed by atoms with van der Waals surface area (Å²) in [4.78, 5) is 20.8. The summed E-state index contributed by atoms with van der Waals surface area (Å²) in [6, 6.07) is 15.3. The molecule has 0 spiro atoms. The van der Waals surface area contributed by atoms with E-state index in [1.807, 2.05) is 61.7 Å². The quantitative estimate of drug-likeness (QED) is 0.563. The molecule has 158 valence electrons. The molecule has 0 aliphatic rings. The normalized spacial score (nSPS) is 10.5. The molecule has 0 unspecified atom stereocenters. The van der Waals surface area contributed by atoms with Crippen molar-refractivity contribution in [3.8, 4) is 11.1 Å². The highest BCUT2D eigenvalue weighted by Gasteiger charge is 2.38. The van der Waals surface area contributed by atoms with E-state index in [1.165, 1.54) is 0 Å². The van der Waals surface area contributed by atoms with Crippen molar-refractivity contribution in [3.63, 3.8) is 0 Å². The minimum atomic E-state index is -5.08. The first-order valence-corrected chi connectivity index (χ1v) is 8.54. The number of carboxylic acids is 1. The highest BCUT2D eigenvalue weighted by atomic mass is 19.4. The van der Waals surface area contributed by atoms with Gasteiger partial charge in [-0.15, -0.1) is 0 Å². The molecule has 0 radical (unpaired) electrons. The Morgan fingerprint density at radius 2 is 1.73 bits per heavy atom. The highest BCUT2D eigenvalue weighted by molar-refractivity contribution is 5.85. The van der Waals surface area contributed by atoms with Gasteiger partial charge < -0.3 is 9.84 Å². The van der Waals surface area contributed by atoms with E-state index in [9.17, 15) is 18.0 Å². The molecule has 0 saturated heterocycles. The van der Waals surface area contributed by atoms with E-state index < -0.39 is 18.2 Å². The Morgan fingerprint density at radius 3 is 2.27 bits per heavy atom. The summed E-state index contributed by atoms with van der Waals surface area (Å²) >= 11 is 0. The summed E-state index contributed by atoms with van der Waals surface area (Å²) in [5.41, 5.74) is 4.81. The van der Waals surface area contributed by atoms with Crippen LogP contribution in [0.1, 0.15) is 11.1 Å². The lowest BCUT2D eigenvalue weighted by Gasteiger charge is -2.09. The number of nitrogens with zero attached hydrogens (tertiary/aromatic N) is 1. The van der Waals surface area contributed by atoms with Crippen molar-refractivity contribution < 1.29 is 32.6 Å². The highest BCUT2D eigenvalue weighted by Crippen LogP contribution is 2.20. The molecule has 0 bridgehead atoms. The van der Waals surface area contributed by atoms with Gasteiger partial charge in [-0.2, -0.15) is 18.3 Å². The largest absolute Gasteiger partial charge is 0.490 e. The number of aromatic nitrogens is 2. The van der Waals surface area contributed by atoms with Crippen LogP contribution in [0.5, 0.6) is 0 Å². The number of anilines is 1. The molecule has 3 aromatic rings. The third-order valence-corrected chi connectivity index (χ3v) is 3.83. The van der Waals surface area contributed by atoms with E-state index in [4.69, 9.17) is 14.6 Å². The van der Waals surface area contributed by atoms with Gasteiger partial charge in [-0.3, -0.25) is 10.4 Å². The number of aromatic amines is 1. The maximum absolute atomic E-state index is 11.9. The van der Waals surface area contributed by atoms with E-state index >= 15 is 0 Å². The van der Waals surface area contributed by atoms with E-state index in [2.05, 4.69) is 15.5 Å². The van der Waals surface area contributed by atoms with Gasteiger partial charge >= 0.3 is 18.2 Å². The molecule has 0 aliphatic carbocycles. The Balaban J connectivity index is 0.000000396. The molecule has 0 atom stereocenters. The number of hydrogen-bond donors (Lipinski definition) is 3. The van der Waals surface area contributed by atoms with Gasteiger partial charge in [-0.25, -0.2) is 9.59 Å². The van der Waals surface area contributed by atoms with Gasteiger partial charge in [0.05, 0.1) is 6.20 Å². The number of carbonyl (C=O) groups excluding carboxylic acids is 1. The Kier molecular flexibility index (Phi) is 7.56. The van der Waals surface area contributed by atoms with E-state index in [-0.39, 0.29) is 6.61 Å². The van der Waals surface area contributed by atoms with Crippen LogP contribution in [0.4, 0.5) is 23.7 Å². The Bertz CT molecular complexity index is 972. The number of alkyl halides is 3. The van der Waals surface area contributed by atoms with Crippen LogP contribution in [0, 0.1) is 6.92 Å². The van der Waals surface area contributed by atoms with Crippen molar-refractivity contribution in [2.24, 2.45) is 0 Å². The smallest absolute Gasteiger partial charge is 0.475 e. The number of carboxylic acid groups (broad SMARTS) is 1. The second kappa shape index (κ2) is 10.1. The van der Waals surface area contributed by atoms with Crippen molar-refractivity contribution >= 4 is 17.7 Å². The van der Waals surface area contributed by atoms with Crippen LogP contribution in [-0.2, 0) is 16.1 Å². The molecule has 30 heavy (non-hydrogen) atoms. The van der Waals surface area contributed by atoms with Crippen LogP contribution in [0.2, 0.25) is 0 Å². The second-order valence-corrected chi connectivity index (χ2v) is 5.99. The molecular weight excluding hydrogens is 403 g/mol. The average molecular weight is 421 g/mol. The minimum absolute atomic E-state index is 0.256. The number of rotatable bonds is 4. The number of aliphatic carboxylic acids is 1. The lowest BCUT2D eigenvalue weighted by molar-refractivity contribution is -0.192. The molecule has 1 amide bonds. The third kappa shape index (κ3) is 6.97. The standard InChI is InChI=1S/C18H17N3O2.C2HF3O2/c1-13-4-2-3-5-15(13)12-23-18(22)21-17-8-6-14(7-9-17)16-10-19-20-11-16;3-2(4,5)1(6)7/h2-11H,12H2,1H3,(H,19,20)(H,21,22);(H,6,7). The molecule has 3 N–H and O–H groups in total. The van der Waals surface area contributed by atoms with Gasteiger partial charge in [0, 0.05) is 17.4 Å². The number of hydrogen-bond acceptors (Lipinski definition) is 4. The molecule has 10 heteroatoms. The lowest BCUT2D eigenvalue weighted by atomic mass is 10.1. The van der Waals surface area contributed by atoms with Gasteiger partial charge in [-0.1, -0.05) is 36.4 Å². The topological polar surface area (TPSA) is 104 Å². The third-order valence-electron chi connectivity index (χ3n) is 3.83. The molecule has 0 fully saturated rings.